The molecule has 1 amide bonds. The fourth-order valence-corrected chi connectivity index (χ4v) is 2.04. The van der Waals surface area contributed by atoms with Gasteiger partial charge in [-0.05, 0) is 31.9 Å². The number of hydrogen-bond acceptors (Lipinski definition) is 4. The first-order valence-corrected chi connectivity index (χ1v) is 6.19. The van der Waals surface area contributed by atoms with Crippen molar-refractivity contribution in [2.75, 3.05) is 10.6 Å². The summed E-state index contributed by atoms with van der Waals surface area (Å²) in [7, 11) is 0. The first kappa shape index (κ1) is 13.9. The molecule has 1 aliphatic rings. The van der Waals surface area contributed by atoms with Crippen LogP contribution in [0, 0.1) is 22.5 Å². The summed E-state index contributed by atoms with van der Waals surface area (Å²) < 4.78 is 0. The molecule has 1 aromatic carbocycles. The number of nitrogens with zero attached hydrogens (tertiary/aromatic N) is 1. The van der Waals surface area contributed by atoms with E-state index < -0.39 is 10.5 Å². The van der Waals surface area contributed by atoms with Crippen molar-refractivity contribution in [3.63, 3.8) is 0 Å². The lowest BCUT2D eigenvalue weighted by Crippen LogP contribution is -2.29. The van der Waals surface area contributed by atoms with E-state index in [2.05, 4.69) is 16.6 Å². The monoisotopic (exact) mass is 273 g/mol. The number of fused-ring (bicyclic) bond motifs is 1. The number of anilines is 2. The van der Waals surface area contributed by atoms with Crippen molar-refractivity contribution >= 4 is 23.0 Å². The quantitative estimate of drug-likeness (QED) is 0.503. The maximum Gasteiger partial charge on any atom is 0.294 e. The van der Waals surface area contributed by atoms with Gasteiger partial charge in [-0.1, -0.05) is 5.92 Å². The normalized spacial score (nSPS) is 13.9. The first-order valence-electron chi connectivity index (χ1n) is 6.19. The van der Waals surface area contributed by atoms with Gasteiger partial charge in [0, 0.05) is 12.5 Å². The molecule has 0 saturated heterocycles. The lowest BCUT2D eigenvalue weighted by molar-refractivity contribution is -0.383. The summed E-state index contributed by atoms with van der Waals surface area (Å²) in [6.07, 6.45) is 6.33. The Labute approximate surface area is 116 Å². The van der Waals surface area contributed by atoms with E-state index in [1.54, 1.807) is 19.9 Å². The van der Waals surface area contributed by atoms with Crippen LogP contribution in [0.4, 0.5) is 17.1 Å². The number of nitro benzene ring substituents is 1. The van der Waals surface area contributed by atoms with Crippen LogP contribution in [0.25, 0.3) is 0 Å². The van der Waals surface area contributed by atoms with Gasteiger partial charge in [0.15, 0.2) is 0 Å². The predicted molar refractivity (Wildman–Crippen MR) is 76.6 cm³/mol. The zero-order valence-corrected chi connectivity index (χ0v) is 11.3. The highest BCUT2D eigenvalue weighted by molar-refractivity contribution is 5.95. The maximum absolute atomic E-state index is 11.3. The summed E-state index contributed by atoms with van der Waals surface area (Å²) in [6, 6.07) is 3.06. The van der Waals surface area contributed by atoms with Crippen LogP contribution in [0.1, 0.15) is 25.8 Å². The van der Waals surface area contributed by atoms with E-state index in [1.165, 1.54) is 6.07 Å². The van der Waals surface area contributed by atoms with Crippen molar-refractivity contribution in [3.05, 3.63) is 27.8 Å². The van der Waals surface area contributed by atoms with Crippen LogP contribution in [-0.2, 0) is 11.2 Å². The second-order valence-corrected chi connectivity index (χ2v) is 5.23. The van der Waals surface area contributed by atoms with E-state index in [9.17, 15) is 14.9 Å². The van der Waals surface area contributed by atoms with E-state index in [0.717, 1.165) is 5.56 Å². The van der Waals surface area contributed by atoms with Gasteiger partial charge in [0.2, 0.25) is 5.91 Å². The second kappa shape index (κ2) is 4.85. The maximum atomic E-state index is 11.3. The summed E-state index contributed by atoms with van der Waals surface area (Å²) >= 11 is 0. The van der Waals surface area contributed by atoms with Gasteiger partial charge in [-0.25, -0.2) is 0 Å². The van der Waals surface area contributed by atoms with Gasteiger partial charge in [-0.15, -0.1) is 6.42 Å². The number of carbonyl (C=O) groups is 1. The molecule has 0 unspecified atom stereocenters. The number of nitro groups is 1. The molecule has 0 fully saturated rings. The van der Waals surface area contributed by atoms with E-state index in [1.807, 2.05) is 0 Å². The number of hydrogen-bond donors (Lipinski definition) is 2. The van der Waals surface area contributed by atoms with Crippen LogP contribution >= 0.6 is 0 Å². The molecule has 0 aliphatic carbocycles. The Kier molecular flexibility index (Phi) is 3.36. The van der Waals surface area contributed by atoms with Gasteiger partial charge >= 0.3 is 0 Å². The van der Waals surface area contributed by atoms with Crippen molar-refractivity contribution in [1.82, 2.24) is 0 Å². The first-order chi connectivity index (χ1) is 9.32. The zero-order valence-electron chi connectivity index (χ0n) is 11.3. The van der Waals surface area contributed by atoms with Gasteiger partial charge < -0.3 is 10.6 Å². The number of nitrogens with one attached hydrogen (secondary N) is 2. The summed E-state index contributed by atoms with van der Waals surface area (Å²) in [6.45, 7) is 3.52. The average Bonchev–Trinajstić information content (AvgIpc) is 2.37. The van der Waals surface area contributed by atoms with E-state index in [4.69, 9.17) is 6.42 Å². The molecule has 1 heterocycles. The molecule has 0 spiro atoms. The molecule has 6 nitrogen and oxygen atoms in total. The minimum absolute atomic E-state index is 0.103. The smallest absolute Gasteiger partial charge is 0.294 e. The van der Waals surface area contributed by atoms with E-state index in [0.29, 0.717) is 24.2 Å². The summed E-state index contributed by atoms with van der Waals surface area (Å²) in [5.41, 5.74) is 0.932. The fraction of sp³-hybridized carbons (Fsp3) is 0.357. The van der Waals surface area contributed by atoms with Crippen molar-refractivity contribution < 1.29 is 9.72 Å². The van der Waals surface area contributed by atoms with E-state index >= 15 is 0 Å². The molecular weight excluding hydrogens is 258 g/mol. The third-order valence-corrected chi connectivity index (χ3v) is 3.12. The number of carbonyl (C=O) groups excluding carboxylic acids is 1. The van der Waals surface area contributed by atoms with Crippen LogP contribution < -0.4 is 10.6 Å². The topological polar surface area (TPSA) is 84.3 Å². The number of amides is 1. The molecule has 2 N–H and O–H groups in total. The number of rotatable bonds is 3. The molecule has 20 heavy (non-hydrogen) atoms. The van der Waals surface area contributed by atoms with Gasteiger partial charge in [0.05, 0.1) is 16.1 Å². The standard InChI is InChI=1S/C14H15N3O3/c1-4-14(2,3)16-11-7-9-5-6-13(18)15-10(9)8-12(11)17(19)20/h1,7-8,16H,5-6H2,2-3H3,(H,15,18). The molecule has 104 valence electrons. The van der Waals surface area contributed by atoms with Crippen molar-refractivity contribution in [1.29, 1.82) is 0 Å². The van der Waals surface area contributed by atoms with Crippen molar-refractivity contribution in [2.45, 2.75) is 32.2 Å². The van der Waals surface area contributed by atoms with Gasteiger partial charge in [0.25, 0.3) is 5.69 Å². The van der Waals surface area contributed by atoms with Gasteiger partial charge in [0.1, 0.15) is 5.69 Å². The van der Waals surface area contributed by atoms with Crippen LogP contribution in [0.15, 0.2) is 12.1 Å². The minimum Gasteiger partial charge on any atom is -0.364 e. The van der Waals surface area contributed by atoms with Crippen LogP contribution in [0.5, 0.6) is 0 Å². The number of terminal acetylenes is 1. The minimum atomic E-state index is -0.698. The second-order valence-electron chi connectivity index (χ2n) is 5.23. The Morgan fingerprint density at radius 1 is 1.45 bits per heavy atom. The summed E-state index contributed by atoms with van der Waals surface area (Å²) in [5, 5.41) is 16.8. The molecule has 0 aromatic heterocycles. The molecule has 0 saturated carbocycles. The van der Waals surface area contributed by atoms with Crippen LogP contribution in [0.3, 0.4) is 0 Å². The third-order valence-electron chi connectivity index (χ3n) is 3.12. The molecule has 1 aromatic rings. The number of aryl methyl sites for hydroxylation is 1. The highest BCUT2D eigenvalue weighted by Crippen LogP contribution is 2.35. The summed E-state index contributed by atoms with van der Waals surface area (Å²) in [4.78, 5) is 22.0. The van der Waals surface area contributed by atoms with Crippen LogP contribution in [-0.4, -0.2) is 16.4 Å². The van der Waals surface area contributed by atoms with Crippen molar-refractivity contribution in [3.8, 4) is 12.3 Å². The van der Waals surface area contributed by atoms with Gasteiger partial charge in [-0.3, -0.25) is 14.9 Å². The molecule has 0 radical (unpaired) electrons. The lowest BCUT2D eigenvalue weighted by Gasteiger charge is -2.23. The van der Waals surface area contributed by atoms with Gasteiger partial charge in [-0.2, -0.15) is 0 Å². The number of benzene rings is 1. The lowest BCUT2D eigenvalue weighted by atomic mass is 9.99. The van der Waals surface area contributed by atoms with E-state index in [-0.39, 0.29) is 11.6 Å². The molecule has 2 rings (SSSR count). The zero-order chi connectivity index (χ0) is 14.9. The van der Waals surface area contributed by atoms with Crippen LogP contribution in [0.2, 0.25) is 0 Å². The fourth-order valence-electron chi connectivity index (χ4n) is 2.04. The molecule has 1 aliphatic heterocycles. The summed E-state index contributed by atoms with van der Waals surface area (Å²) in [5.74, 6) is 2.41. The predicted octanol–water partition coefficient (Wildman–Crippen LogP) is 2.30. The SMILES string of the molecule is C#CC(C)(C)Nc1cc2c(cc1[N+](=O)[O-])NC(=O)CC2. The highest BCUT2D eigenvalue weighted by Gasteiger charge is 2.25. The molecular formula is C14H15N3O3. The molecule has 0 atom stereocenters. The third kappa shape index (κ3) is 2.72. The highest BCUT2D eigenvalue weighted by atomic mass is 16.6. The Morgan fingerprint density at radius 2 is 2.15 bits per heavy atom. The molecule has 6 heteroatoms. The Hall–Kier alpha value is -2.55. The molecule has 0 bridgehead atoms. The largest absolute Gasteiger partial charge is 0.364 e. The Bertz CT molecular complexity index is 629. The Balaban J connectivity index is 2.49. The average molecular weight is 273 g/mol. The van der Waals surface area contributed by atoms with Crippen molar-refractivity contribution in [2.24, 2.45) is 0 Å². The Morgan fingerprint density at radius 3 is 2.75 bits per heavy atom.